The van der Waals surface area contributed by atoms with Crippen molar-refractivity contribution in [2.45, 2.75) is 39.5 Å². The van der Waals surface area contributed by atoms with Crippen LogP contribution >= 0.6 is 11.6 Å². The van der Waals surface area contributed by atoms with Crippen LogP contribution in [0.4, 0.5) is 0 Å². The highest BCUT2D eigenvalue weighted by molar-refractivity contribution is 6.63. The first-order chi connectivity index (χ1) is 7.80. The predicted molar refractivity (Wildman–Crippen MR) is 70.9 cm³/mol. The average Bonchev–Trinajstić information content (AvgIpc) is 2.15. The number of ether oxygens (including phenoxy) is 1. The van der Waals surface area contributed by atoms with Crippen molar-refractivity contribution < 1.29 is 9.53 Å². The van der Waals surface area contributed by atoms with Crippen molar-refractivity contribution in [3.05, 3.63) is 29.3 Å². The summed E-state index contributed by atoms with van der Waals surface area (Å²) in [4.78, 5) is 10.7. The molecule has 0 spiro atoms. The number of aryl methyl sites for hydroxylation is 1. The van der Waals surface area contributed by atoms with Gasteiger partial charge in [-0.3, -0.25) is 4.79 Å². The number of hydrogen-bond donors (Lipinski definition) is 0. The Kier molecular flexibility index (Phi) is 4.58. The maximum absolute atomic E-state index is 10.7. The molecule has 0 aliphatic carbocycles. The SMILES string of the molecule is Cc1ccc(C(C)(C)C)c(OCCC(=O)Cl)c1. The van der Waals surface area contributed by atoms with E-state index in [-0.39, 0.29) is 17.1 Å². The van der Waals surface area contributed by atoms with Gasteiger partial charge in [-0.1, -0.05) is 32.9 Å². The van der Waals surface area contributed by atoms with Crippen molar-refractivity contribution in [1.29, 1.82) is 0 Å². The molecule has 0 bridgehead atoms. The van der Waals surface area contributed by atoms with Gasteiger partial charge in [-0.05, 0) is 41.1 Å². The van der Waals surface area contributed by atoms with E-state index in [0.29, 0.717) is 6.61 Å². The van der Waals surface area contributed by atoms with Gasteiger partial charge < -0.3 is 4.74 Å². The van der Waals surface area contributed by atoms with Gasteiger partial charge in [0, 0.05) is 0 Å². The molecule has 1 aromatic rings. The topological polar surface area (TPSA) is 26.3 Å². The predicted octanol–water partition coefficient (Wildman–Crippen LogP) is 3.83. The van der Waals surface area contributed by atoms with E-state index >= 15 is 0 Å². The number of carbonyl (C=O) groups excluding carboxylic acids is 1. The molecule has 94 valence electrons. The zero-order valence-electron chi connectivity index (χ0n) is 10.8. The number of rotatable bonds is 4. The fourth-order valence-corrected chi connectivity index (χ4v) is 1.69. The summed E-state index contributed by atoms with van der Waals surface area (Å²) in [6, 6.07) is 6.15. The lowest BCUT2D eigenvalue weighted by molar-refractivity contribution is -0.112. The molecule has 0 aromatic heterocycles. The first kappa shape index (κ1) is 14.0. The standard InChI is InChI=1S/C14H19ClO2/c1-10-5-6-11(14(2,3)4)12(9-10)17-8-7-13(15)16/h5-6,9H,7-8H2,1-4H3. The van der Waals surface area contributed by atoms with Crippen molar-refractivity contribution >= 4 is 16.8 Å². The van der Waals surface area contributed by atoms with Crippen LogP contribution in [0.2, 0.25) is 0 Å². The Morgan fingerprint density at radius 2 is 2.00 bits per heavy atom. The Labute approximate surface area is 108 Å². The largest absolute Gasteiger partial charge is 0.493 e. The minimum absolute atomic E-state index is 0.0218. The molecule has 0 radical (unpaired) electrons. The Morgan fingerprint density at radius 1 is 1.35 bits per heavy atom. The second-order valence-corrected chi connectivity index (χ2v) is 5.62. The molecular weight excluding hydrogens is 236 g/mol. The Morgan fingerprint density at radius 3 is 2.53 bits per heavy atom. The van der Waals surface area contributed by atoms with E-state index in [9.17, 15) is 4.79 Å². The molecule has 0 fully saturated rings. The molecule has 0 atom stereocenters. The van der Waals surface area contributed by atoms with Gasteiger partial charge in [0.05, 0.1) is 13.0 Å². The van der Waals surface area contributed by atoms with Gasteiger partial charge in [0.15, 0.2) is 0 Å². The summed E-state index contributed by atoms with van der Waals surface area (Å²) >= 11 is 5.29. The van der Waals surface area contributed by atoms with Crippen LogP contribution in [0.25, 0.3) is 0 Å². The third-order valence-corrected chi connectivity index (χ3v) is 2.69. The highest BCUT2D eigenvalue weighted by Crippen LogP contribution is 2.32. The van der Waals surface area contributed by atoms with E-state index in [1.54, 1.807) is 0 Å². The van der Waals surface area contributed by atoms with Crippen LogP contribution in [0.3, 0.4) is 0 Å². The van der Waals surface area contributed by atoms with E-state index in [1.165, 1.54) is 0 Å². The third-order valence-electron chi connectivity index (χ3n) is 2.50. The Bertz CT molecular complexity index is 405. The number of carbonyl (C=O) groups is 1. The maximum atomic E-state index is 10.7. The third kappa shape index (κ3) is 4.39. The molecule has 2 nitrogen and oxygen atoms in total. The molecule has 0 heterocycles. The fraction of sp³-hybridized carbons (Fsp3) is 0.500. The summed E-state index contributed by atoms with van der Waals surface area (Å²) in [6.45, 7) is 8.76. The van der Waals surface area contributed by atoms with Gasteiger partial charge in [-0.15, -0.1) is 0 Å². The minimum atomic E-state index is -0.366. The second-order valence-electron chi connectivity index (χ2n) is 5.20. The quantitative estimate of drug-likeness (QED) is 0.764. The zero-order chi connectivity index (χ0) is 13.1. The van der Waals surface area contributed by atoms with E-state index in [4.69, 9.17) is 16.3 Å². The Balaban J connectivity index is 2.88. The zero-order valence-corrected chi connectivity index (χ0v) is 11.6. The van der Waals surface area contributed by atoms with Gasteiger partial charge in [0.1, 0.15) is 5.75 Å². The average molecular weight is 255 g/mol. The maximum Gasteiger partial charge on any atom is 0.225 e. The highest BCUT2D eigenvalue weighted by atomic mass is 35.5. The van der Waals surface area contributed by atoms with Crippen molar-refractivity contribution in [2.24, 2.45) is 0 Å². The van der Waals surface area contributed by atoms with Crippen LogP contribution < -0.4 is 4.74 Å². The van der Waals surface area contributed by atoms with Crippen LogP contribution in [-0.4, -0.2) is 11.8 Å². The molecular formula is C14H19ClO2. The molecule has 3 heteroatoms. The van der Waals surface area contributed by atoms with E-state index in [0.717, 1.165) is 16.9 Å². The molecule has 1 aromatic carbocycles. The summed E-state index contributed by atoms with van der Waals surface area (Å²) in [6.07, 6.45) is 0.235. The molecule has 0 amide bonds. The van der Waals surface area contributed by atoms with Gasteiger partial charge in [-0.25, -0.2) is 0 Å². The second kappa shape index (κ2) is 5.54. The lowest BCUT2D eigenvalue weighted by atomic mass is 9.86. The minimum Gasteiger partial charge on any atom is -0.493 e. The van der Waals surface area contributed by atoms with E-state index in [2.05, 4.69) is 32.9 Å². The molecule has 0 aliphatic heterocycles. The number of halogens is 1. The van der Waals surface area contributed by atoms with Crippen LogP contribution in [0, 0.1) is 6.92 Å². The Hall–Kier alpha value is -1.02. The van der Waals surface area contributed by atoms with Gasteiger partial charge >= 0.3 is 0 Å². The normalized spacial score (nSPS) is 11.4. The smallest absolute Gasteiger partial charge is 0.225 e. The van der Waals surface area contributed by atoms with Crippen LogP contribution in [-0.2, 0) is 10.2 Å². The molecule has 0 N–H and O–H groups in total. The first-order valence-corrected chi connectivity index (χ1v) is 6.11. The molecule has 0 saturated heterocycles. The van der Waals surface area contributed by atoms with Crippen LogP contribution in [0.15, 0.2) is 18.2 Å². The summed E-state index contributed by atoms with van der Waals surface area (Å²) in [5.41, 5.74) is 2.31. The molecule has 0 unspecified atom stereocenters. The number of benzene rings is 1. The first-order valence-electron chi connectivity index (χ1n) is 5.73. The van der Waals surface area contributed by atoms with Gasteiger partial charge in [0.2, 0.25) is 5.24 Å². The van der Waals surface area contributed by atoms with Crippen molar-refractivity contribution in [1.82, 2.24) is 0 Å². The highest BCUT2D eigenvalue weighted by Gasteiger charge is 2.18. The fourth-order valence-electron chi connectivity index (χ4n) is 1.61. The molecule has 0 aliphatic rings. The number of hydrogen-bond acceptors (Lipinski definition) is 2. The summed E-state index contributed by atoms with van der Waals surface area (Å²) in [5, 5.41) is -0.366. The summed E-state index contributed by atoms with van der Waals surface area (Å²) < 4.78 is 5.65. The molecule has 17 heavy (non-hydrogen) atoms. The van der Waals surface area contributed by atoms with Crippen molar-refractivity contribution in [3.63, 3.8) is 0 Å². The van der Waals surface area contributed by atoms with Gasteiger partial charge in [-0.2, -0.15) is 0 Å². The van der Waals surface area contributed by atoms with E-state index < -0.39 is 0 Å². The van der Waals surface area contributed by atoms with Gasteiger partial charge in [0.25, 0.3) is 0 Å². The van der Waals surface area contributed by atoms with Crippen LogP contribution in [0.1, 0.15) is 38.3 Å². The van der Waals surface area contributed by atoms with Crippen molar-refractivity contribution in [3.8, 4) is 5.75 Å². The van der Waals surface area contributed by atoms with E-state index in [1.807, 2.05) is 13.0 Å². The molecule has 1 rings (SSSR count). The monoisotopic (exact) mass is 254 g/mol. The molecule has 0 saturated carbocycles. The lowest BCUT2D eigenvalue weighted by Crippen LogP contribution is -2.14. The lowest BCUT2D eigenvalue weighted by Gasteiger charge is -2.23. The van der Waals surface area contributed by atoms with Crippen molar-refractivity contribution in [2.75, 3.05) is 6.61 Å². The summed E-state index contributed by atoms with van der Waals surface area (Å²) in [5.74, 6) is 0.843. The van der Waals surface area contributed by atoms with Crippen LogP contribution in [0.5, 0.6) is 5.75 Å². The summed E-state index contributed by atoms with van der Waals surface area (Å²) in [7, 11) is 0.